The molecule has 6 nitrogen and oxygen atoms in total. The van der Waals surface area contributed by atoms with Crippen LogP contribution in [0.25, 0.3) is 16.6 Å². The Hall–Kier alpha value is -3.64. The van der Waals surface area contributed by atoms with Crippen molar-refractivity contribution in [3.8, 4) is 0 Å². The molecular formula is C40H49N4O2+. The summed E-state index contributed by atoms with van der Waals surface area (Å²) >= 11 is 0. The summed E-state index contributed by atoms with van der Waals surface area (Å²) < 4.78 is 10.1. The highest BCUT2D eigenvalue weighted by molar-refractivity contribution is 5.80. The van der Waals surface area contributed by atoms with Crippen molar-refractivity contribution in [2.75, 3.05) is 18.1 Å². The number of hydrogen-bond acceptors (Lipinski definition) is 4. The SMILES string of the molecule is CCOC(=O)CCCCCC1(C)C2=C3C=C4C=C5c6n(c7ccccc7[n+]6C)CC(C)(C)C5NC4CC3CCN2c2ccccc21. The summed E-state index contributed by atoms with van der Waals surface area (Å²) in [5.74, 6) is 1.83. The van der Waals surface area contributed by atoms with Crippen molar-refractivity contribution in [1.82, 2.24) is 9.88 Å². The summed E-state index contributed by atoms with van der Waals surface area (Å²) in [5.41, 5.74) is 11.5. The van der Waals surface area contributed by atoms with Gasteiger partial charge in [0, 0.05) is 47.3 Å². The predicted octanol–water partition coefficient (Wildman–Crippen LogP) is 7.13. The molecule has 6 heteroatoms. The molecule has 0 saturated heterocycles. The van der Waals surface area contributed by atoms with Crippen molar-refractivity contribution in [2.24, 2.45) is 18.4 Å². The van der Waals surface area contributed by atoms with E-state index in [0.29, 0.717) is 31.0 Å². The molecule has 4 unspecified atom stereocenters. The van der Waals surface area contributed by atoms with Crippen LogP contribution in [0.2, 0.25) is 0 Å². The number of para-hydroxylation sites is 3. The van der Waals surface area contributed by atoms with E-state index in [0.717, 1.165) is 45.2 Å². The fourth-order valence-electron chi connectivity index (χ4n) is 9.70. The topological polar surface area (TPSA) is 50.4 Å². The number of aryl methyl sites for hydroxylation is 1. The molecule has 5 aliphatic rings. The van der Waals surface area contributed by atoms with E-state index in [1.807, 2.05) is 6.92 Å². The number of unbranched alkanes of at least 4 members (excludes halogenated alkanes) is 2. The Bertz CT molecular complexity index is 1830. The number of nitrogens with one attached hydrogen (secondary N) is 1. The van der Waals surface area contributed by atoms with Gasteiger partial charge in [-0.15, -0.1) is 0 Å². The number of anilines is 1. The molecule has 4 atom stereocenters. The largest absolute Gasteiger partial charge is 0.466 e. The smallest absolute Gasteiger partial charge is 0.305 e. The molecule has 1 aromatic heterocycles. The van der Waals surface area contributed by atoms with Gasteiger partial charge in [0.2, 0.25) is 0 Å². The molecule has 3 aromatic rings. The van der Waals surface area contributed by atoms with Crippen molar-refractivity contribution in [2.45, 2.75) is 96.7 Å². The average Bonchev–Trinajstić information content (AvgIpc) is 3.47. The molecule has 0 fully saturated rings. The van der Waals surface area contributed by atoms with Crippen LogP contribution in [0, 0.1) is 11.3 Å². The third kappa shape index (κ3) is 4.46. The van der Waals surface area contributed by atoms with Crippen molar-refractivity contribution >= 4 is 28.3 Å². The Kier molecular flexibility index (Phi) is 7.09. The first-order valence-electron chi connectivity index (χ1n) is 17.7. The van der Waals surface area contributed by atoms with E-state index in [1.54, 1.807) is 5.57 Å². The van der Waals surface area contributed by atoms with Crippen molar-refractivity contribution in [3.05, 3.63) is 88.9 Å². The molecule has 0 saturated carbocycles. The lowest BCUT2D eigenvalue weighted by Crippen LogP contribution is -2.57. The van der Waals surface area contributed by atoms with Gasteiger partial charge in [-0.1, -0.05) is 63.1 Å². The number of allylic oxidation sites excluding steroid dienone is 3. The van der Waals surface area contributed by atoms with Crippen molar-refractivity contribution < 1.29 is 14.1 Å². The van der Waals surface area contributed by atoms with Gasteiger partial charge in [-0.05, 0) is 86.4 Å². The number of fused-ring (bicyclic) bond motifs is 10. The van der Waals surface area contributed by atoms with E-state index in [4.69, 9.17) is 4.74 Å². The number of aromatic nitrogens is 2. The summed E-state index contributed by atoms with van der Waals surface area (Å²) in [5, 5.41) is 4.22. The zero-order chi connectivity index (χ0) is 31.8. The van der Waals surface area contributed by atoms with Gasteiger partial charge in [0.15, 0.2) is 11.0 Å². The highest BCUT2D eigenvalue weighted by Crippen LogP contribution is 2.56. The lowest BCUT2D eigenvalue weighted by Gasteiger charge is -2.47. The summed E-state index contributed by atoms with van der Waals surface area (Å²) in [6, 6.07) is 18.7. The Balaban J connectivity index is 1.20. The van der Waals surface area contributed by atoms with E-state index in [1.165, 1.54) is 51.4 Å². The van der Waals surface area contributed by atoms with Crippen molar-refractivity contribution in [3.63, 3.8) is 0 Å². The molecule has 0 spiro atoms. The molecule has 240 valence electrons. The van der Waals surface area contributed by atoms with Gasteiger partial charge < -0.3 is 15.0 Å². The van der Waals surface area contributed by atoms with Crippen molar-refractivity contribution in [1.29, 1.82) is 0 Å². The minimum Gasteiger partial charge on any atom is -0.466 e. The quantitative estimate of drug-likeness (QED) is 0.174. The number of carbonyl (C=O) groups excluding carboxylic acids is 1. The molecule has 1 aliphatic carbocycles. The molecule has 8 rings (SSSR count). The van der Waals surface area contributed by atoms with E-state index in [9.17, 15) is 4.79 Å². The molecule has 5 heterocycles. The fraction of sp³-hybridized carbons (Fsp3) is 0.500. The number of ether oxygens (including phenoxy) is 1. The number of nitrogens with zero attached hydrogens (tertiary/aromatic N) is 3. The molecular weight excluding hydrogens is 568 g/mol. The minimum absolute atomic E-state index is 0.0398. The molecule has 0 radical (unpaired) electrons. The van der Waals surface area contributed by atoms with Crippen LogP contribution < -0.4 is 14.8 Å². The van der Waals surface area contributed by atoms with Gasteiger partial charge in [-0.3, -0.25) is 4.79 Å². The Morgan fingerprint density at radius 2 is 1.85 bits per heavy atom. The third-order valence-corrected chi connectivity index (χ3v) is 11.8. The average molecular weight is 618 g/mol. The van der Waals surface area contributed by atoms with Gasteiger partial charge in [0.1, 0.15) is 0 Å². The van der Waals surface area contributed by atoms with Gasteiger partial charge in [0.05, 0.1) is 25.8 Å². The first kappa shape index (κ1) is 29.7. The monoisotopic (exact) mass is 617 g/mol. The number of rotatable bonds is 7. The van der Waals surface area contributed by atoms with Crippen LogP contribution in [0.4, 0.5) is 5.69 Å². The van der Waals surface area contributed by atoms with Gasteiger partial charge in [-0.25, -0.2) is 9.13 Å². The summed E-state index contributed by atoms with van der Waals surface area (Å²) in [6.45, 7) is 11.8. The van der Waals surface area contributed by atoms with Crippen LogP contribution in [0.1, 0.15) is 84.0 Å². The Morgan fingerprint density at radius 3 is 2.70 bits per heavy atom. The molecule has 4 aliphatic heterocycles. The van der Waals surface area contributed by atoms with E-state index in [-0.39, 0.29) is 16.8 Å². The predicted molar refractivity (Wildman–Crippen MR) is 184 cm³/mol. The highest BCUT2D eigenvalue weighted by atomic mass is 16.5. The second-order valence-electron chi connectivity index (χ2n) is 15.2. The Morgan fingerprint density at radius 1 is 1.04 bits per heavy atom. The molecule has 1 N–H and O–H groups in total. The summed E-state index contributed by atoms with van der Waals surface area (Å²) in [7, 11) is 2.24. The van der Waals surface area contributed by atoms with E-state index in [2.05, 4.69) is 108 Å². The maximum Gasteiger partial charge on any atom is 0.305 e. The van der Waals surface area contributed by atoms with Crippen LogP contribution in [-0.2, 0) is 28.5 Å². The molecule has 0 amide bonds. The second-order valence-corrected chi connectivity index (χ2v) is 15.2. The minimum atomic E-state index is -0.0673. The third-order valence-electron chi connectivity index (χ3n) is 11.8. The van der Waals surface area contributed by atoms with Crippen LogP contribution in [-0.4, -0.2) is 35.8 Å². The highest BCUT2D eigenvalue weighted by Gasteiger charge is 2.51. The number of esters is 1. The van der Waals surface area contributed by atoms with Gasteiger partial charge in [0.25, 0.3) is 5.82 Å². The molecule has 46 heavy (non-hydrogen) atoms. The van der Waals surface area contributed by atoms with Crippen LogP contribution in [0.5, 0.6) is 0 Å². The number of benzene rings is 2. The number of hydrogen-bond donors (Lipinski definition) is 1. The van der Waals surface area contributed by atoms with Gasteiger partial charge >= 0.3 is 5.97 Å². The number of carbonyl (C=O) groups is 1. The van der Waals surface area contributed by atoms with Gasteiger partial charge in [-0.2, -0.15) is 0 Å². The maximum atomic E-state index is 12.0. The molecule has 0 bridgehead atoms. The first-order chi connectivity index (χ1) is 22.2. The van der Waals surface area contributed by atoms with E-state index >= 15 is 0 Å². The zero-order valence-electron chi connectivity index (χ0n) is 28.2. The lowest BCUT2D eigenvalue weighted by molar-refractivity contribution is -0.648. The maximum absolute atomic E-state index is 12.0. The lowest BCUT2D eigenvalue weighted by atomic mass is 9.68. The fourth-order valence-corrected chi connectivity index (χ4v) is 9.70. The first-order valence-corrected chi connectivity index (χ1v) is 17.7. The van der Waals surface area contributed by atoms with Crippen LogP contribution in [0.15, 0.2) is 77.5 Å². The summed E-state index contributed by atoms with van der Waals surface area (Å²) in [6.07, 6.45) is 12.2. The standard InChI is InChI=1S/C40H49N4O2/c1-6-46-35(45)18-8-7-13-20-40(4)30-14-9-10-15-32(30)43-21-19-26-24-31-27(22-28(26)37(40)43)23-29-36(41-31)39(2,3)25-44-34-17-12-11-16-33(34)42(5)38(29)44/h9-12,14-17,22-23,26,31,36,41H,6-8,13,18-21,24-25H2,1-5H3/q+1. The van der Waals surface area contributed by atoms with Crippen LogP contribution in [0.3, 0.4) is 0 Å². The Labute approximate surface area is 273 Å². The second kappa shape index (κ2) is 11.0. The van der Waals surface area contributed by atoms with Crippen LogP contribution >= 0.6 is 0 Å². The summed E-state index contributed by atoms with van der Waals surface area (Å²) in [4.78, 5) is 14.6. The number of imidazole rings is 1. The zero-order valence-corrected chi connectivity index (χ0v) is 28.2. The van der Waals surface area contributed by atoms with E-state index < -0.39 is 0 Å². The molecule has 2 aromatic carbocycles. The normalized spacial score (nSPS) is 27.2.